The van der Waals surface area contributed by atoms with Crippen LogP contribution in [0.3, 0.4) is 0 Å². The van der Waals surface area contributed by atoms with E-state index >= 15 is 0 Å². The summed E-state index contributed by atoms with van der Waals surface area (Å²) in [5.41, 5.74) is 2.87. The second kappa shape index (κ2) is 5.59. The first-order valence-corrected chi connectivity index (χ1v) is 9.28. The summed E-state index contributed by atoms with van der Waals surface area (Å²) < 4.78 is 24.4. The number of sulfone groups is 1. The van der Waals surface area contributed by atoms with Crippen LogP contribution >= 0.6 is 11.6 Å². The molecule has 0 radical (unpaired) electrons. The van der Waals surface area contributed by atoms with Crippen LogP contribution < -0.4 is 5.32 Å². The van der Waals surface area contributed by atoms with Crippen molar-refractivity contribution in [2.45, 2.75) is 37.6 Å². The van der Waals surface area contributed by atoms with Gasteiger partial charge in [0.25, 0.3) is 0 Å². The van der Waals surface area contributed by atoms with Gasteiger partial charge in [-0.1, -0.05) is 18.5 Å². The lowest BCUT2D eigenvalue weighted by Crippen LogP contribution is -2.25. The number of nitrogens with zero attached hydrogens (tertiary/aromatic N) is 1. The number of halogens is 1. The van der Waals surface area contributed by atoms with Crippen molar-refractivity contribution in [3.63, 3.8) is 0 Å². The molecule has 0 saturated heterocycles. The van der Waals surface area contributed by atoms with Gasteiger partial charge in [0.2, 0.25) is 0 Å². The van der Waals surface area contributed by atoms with Gasteiger partial charge < -0.3 is 5.32 Å². The Labute approximate surface area is 135 Å². The average molecular weight is 340 g/mol. The van der Waals surface area contributed by atoms with Gasteiger partial charge >= 0.3 is 0 Å². The van der Waals surface area contributed by atoms with Crippen molar-refractivity contribution in [2.75, 3.05) is 11.1 Å². The van der Waals surface area contributed by atoms with Gasteiger partial charge in [0.1, 0.15) is 0 Å². The summed E-state index contributed by atoms with van der Waals surface area (Å²) in [6, 6.07) is 4.84. The topological polar surface area (TPSA) is 74.8 Å². The molecular formula is C15H18ClN3O2S. The number of nitrogens with one attached hydrogen (secondary N) is 2. The maximum absolute atomic E-state index is 12.2. The highest BCUT2D eigenvalue weighted by Crippen LogP contribution is 2.36. The van der Waals surface area contributed by atoms with Crippen molar-refractivity contribution in [1.82, 2.24) is 10.2 Å². The summed E-state index contributed by atoms with van der Waals surface area (Å²) in [7, 11) is -3.22. The Balaban J connectivity index is 1.99. The predicted molar refractivity (Wildman–Crippen MR) is 87.2 cm³/mol. The number of rotatable bonds is 3. The third-order valence-electron chi connectivity index (χ3n) is 4.13. The molecular weight excluding hydrogens is 322 g/mol. The highest BCUT2D eigenvalue weighted by atomic mass is 35.5. The summed E-state index contributed by atoms with van der Waals surface area (Å²) in [4.78, 5) is 0.365. The first kappa shape index (κ1) is 15.4. The van der Waals surface area contributed by atoms with Crippen LogP contribution in [0, 0.1) is 6.92 Å². The minimum atomic E-state index is -3.22. The summed E-state index contributed by atoms with van der Waals surface area (Å²) in [6.45, 7) is 4.07. The van der Waals surface area contributed by atoms with Gasteiger partial charge in [-0.2, -0.15) is 5.10 Å². The Hall–Kier alpha value is -1.53. The van der Waals surface area contributed by atoms with Gasteiger partial charge in [-0.05, 0) is 43.5 Å². The molecule has 1 aromatic heterocycles. The number of aryl methyl sites for hydroxylation is 1. The molecule has 7 heteroatoms. The predicted octanol–water partition coefficient (Wildman–Crippen LogP) is 3.26. The van der Waals surface area contributed by atoms with E-state index in [1.165, 1.54) is 0 Å². The molecule has 5 nitrogen and oxygen atoms in total. The van der Waals surface area contributed by atoms with E-state index in [0.29, 0.717) is 16.3 Å². The molecule has 3 rings (SSSR count). The van der Waals surface area contributed by atoms with Crippen LogP contribution in [0.25, 0.3) is 0 Å². The molecule has 2 N–H and O–H groups in total. The molecule has 118 valence electrons. The summed E-state index contributed by atoms with van der Waals surface area (Å²) >= 11 is 6.05. The quantitative estimate of drug-likeness (QED) is 0.900. The van der Waals surface area contributed by atoms with Gasteiger partial charge in [0.15, 0.2) is 15.7 Å². The zero-order valence-corrected chi connectivity index (χ0v) is 14.1. The first-order valence-electron chi connectivity index (χ1n) is 7.25. The Morgan fingerprint density at radius 2 is 2.23 bits per heavy atom. The number of fused-ring (bicyclic) bond motifs is 1. The van der Waals surface area contributed by atoms with Crippen LogP contribution in [0.1, 0.15) is 36.2 Å². The normalized spacial score (nSPS) is 19.7. The van der Waals surface area contributed by atoms with Gasteiger partial charge in [0.05, 0.1) is 16.7 Å². The second-order valence-electron chi connectivity index (χ2n) is 5.52. The number of aromatic amines is 1. The number of aromatic nitrogens is 2. The van der Waals surface area contributed by atoms with Gasteiger partial charge in [0, 0.05) is 16.3 Å². The van der Waals surface area contributed by atoms with E-state index in [2.05, 4.69) is 22.4 Å². The van der Waals surface area contributed by atoms with Crippen molar-refractivity contribution >= 4 is 27.3 Å². The minimum Gasteiger partial charge on any atom is -0.361 e. The van der Waals surface area contributed by atoms with Crippen LogP contribution in [0.5, 0.6) is 0 Å². The maximum Gasteiger partial charge on any atom is 0.178 e. The molecule has 1 atom stereocenters. The molecule has 2 heterocycles. The monoisotopic (exact) mass is 339 g/mol. The van der Waals surface area contributed by atoms with E-state index in [0.717, 1.165) is 29.1 Å². The van der Waals surface area contributed by atoms with Gasteiger partial charge in [-0.15, -0.1) is 0 Å². The zero-order valence-electron chi connectivity index (χ0n) is 12.5. The molecule has 1 aromatic carbocycles. The Morgan fingerprint density at radius 1 is 1.45 bits per heavy atom. The molecule has 0 unspecified atom stereocenters. The molecule has 22 heavy (non-hydrogen) atoms. The van der Waals surface area contributed by atoms with Crippen molar-refractivity contribution in [3.8, 4) is 0 Å². The average Bonchev–Trinajstić information content (AvgIpc) is 2.82. The molecule has 0 aliphatic carbocycles. The summed E-state index contributed by atoms with van der Waals surface area (Å²) in [5, 5.41) is 11.2. The molecule has 0 saturated carbocycles. The molecule has 1 aliphatic heterocycles. The van der Waals surface area contributed by atoms with E-state index in [-0.39, 0.29) is 11.8 Å². The Morgan fingerprint density at radius 3 is 2.91 bits per heavy atom. The smallest absolute Gasteiger partial charge is 0.178 e. The molecule has 0 bridgehead atoms. The lowest BCUT2D eigenvalue weighted by molar-refractivity contribution is 0.575. The minimum absolute atomic E-state index is 0.107. The standard InChI is InChI=1S/C15H18ClN3O2S/c1-3-12-9(2)15(19-18-12)17-13-6-7-22(20,21)14-5-4-10(16)8-11(13)14/h4-5,8,13H,3,6-7H2,1-2H3,(H2,17,18,19)/t13-/m0/s1. The summed E-state index contributed by atoms with van der Waals surface area (Å²) in [5.74, 6) is 0.899. The van der Waals surface area contributed by atoms with Crippen LogP contribution in [-0.4, -0.2) is 24.4 Å². The third kappa shape index (κ3) is 2.61. The van der Waals surface area contributed by atoms with E-state index in [1.54, 1.807) is 18.2 Å². The SMILES string of the molecule is CCc1[nH]nc(N[C@H]2CCS(=O)(=O)c3ccc(Cl)cc32)c1C. The van der Waals surface area contributed by atoms with E-state index in [4.69, 9.17) is 11.6 Å². The molecule has 2 aromatic rings. The lowest BCUT2D eigenvalue weighted by atomic mass is 10.0. The van der Waals surface area contributed by atoms with E-state index in [9.17, 15) is 8.42 Å². The van der Waals surface area contributed by atoms with E-state index < -0.39 is 9.84 Å². The molecule has 0 amide bonds. The highest BCUT2D eigenvalue weighted by Gasteiger charge is 2.31. The molecule has 1 aliphatic rings. The van der Waals surface area contributed by atoms with Crippen molar-refractivity contribution in [1.29, 1.82) is 0 Å². The number of hydrogen-bond acceptors (Lipinski definition) is 4. The lowest BCUT2D eigenvalue weighted by Gasteiger charge is -2.26. The van der Waals surface area contributed by atoms with Crippen molar-refractivity contribution in [2.24, 2.45) is 0 Å². The first-order chi connectivity index (χ1) is 10.4. The van der Waals surface area contributed by atoms with Crippen LogP contribution in [0.15, 0.2) is 23.1 Å². The van der Waals surface area contributed by atoms with Crippen LogP contribution in [-0.2, 0) is 16.3 Å². The Kier molecular flexibility index (Phi) is 3.91. The van der Waals surface area contributed by atoms with Crippen LogP contribution in [0.4, 0.5) is 5.82 Å². The summed E-state index contributed by atoms with van der Waals surface area (Å²) in [6.07, 6.45) is 1.38. The largest absolute Gasteiger partial charge is 0.361 e. The van der Waals surface area contributed by atoms with Crippen LogP contribution in [0.2, 0.25) is 5.02 Å². The van der Waals surface area contributed by atoms with Gasteiger partial charge in [-0.25, -0.2) is 8.42 Å². The van der Waals surface area contributed by atoms with Gasteiger partial charge in [-0.3, -0.25) is 5.10 Å². The Bertz CT molecular complexity index is 814. The van der Waals surface area contributed by atoms with Crippen molar-refractivity contribution < 1.29 is 8.42 Å². The number of anilines is 1. The fraction of sp³-hybridized carbons (Fsp3) is 0.400. The number of benzene rings is 1. The fourth-order valence-corrected chi connectivity index (χ4v) is 4.63. The molecule has 0 fully saturated rings. The highest BCUT2D eigenvalue weighted by molar-refractivity contribution is 7.91. The maximum atomic E-state index is 12.2. The van der Waals surface area contributed by atoms with E-state index in [1.807, 2.05) is 6.92 Å². The van der Waals surface area contributed by atoms with Crippen molar-refractivity contribution in [3.05, 3.63) is 40.0 Å². The number of hydrogen-bond donors (Lipinski definition) is 2. The second-order valence-corrected chi connectivity index (χ2v) is 8.03. The fourth-order valence-electron chi connectivity index (χ4n) is 2.85. The number of H-pyrrole nitrogens is 1. The molecule has 0 spiro atoms. The third-order valence-corrected chi connectivity index (χ3v) is 6.18. The zero-order chi connectivity index (χ0) is 15.9.